The molecule has 0 heterocycles. The molecule has 0 bridgehead atoms. The van der Waals surface area contributed by atoms with Crippen molar-refractivity contribution in [1.82, 2.24) is 5.32 Å². The van der Waals surface area contributed by atoms with E-state index in [0.29, 0.717) is 13.2 Å². The number of ketones is 1. The van der Waals surface area contributed by atoms with Gasteiger partial charge in [0.2, 0.25) is 5.78 Å². The highest BCUT2D eigenvalue weighted by molar-refractivity contribution is 6.35. The minimum atomic E-state index is -0.524. The molecule has 0 aromatic rings. The van der Waals surface area contributed by atoms with Crippen LogP contribution in [-0.4, -0.2) is 30.9 Å². The van der Waals surface area contributed by atoms with Crippen LogP contribution in [0.25, 0.3) is 0 Å². The van der Waals surface area contributed by atoms with Crippen LogP contribution in [0.15, 0.2) is 0 Å². The average molecular weight is 187 g/mol. The maximum absolute atomic E-state index is 10.7. The maximum Gasteiger partial charge on any atom is 0.287 e. The van der Waals surface area contributed by atoms with Crippen molar-refractivity contribution in [2.75, 3.05) is 13.2 Å². The molecule has 1 amide bonds. The summed E-state index contributed by atoms with van der Waals surface area (Å²) in [7, 11) is 0. The monoisotopic (exact) mass is 187 g/mol. The number of Topliss-reactive ketones (excluding diaryl/α,β-unsaturated/α-hetero) is 1. The van der Waals surface area contributed by atoms with Crippen molar-refractivity contribution in [3.05, 3.63) is 0 Å². The number of hydrogen-bond acceptors (Lipinski definition) is 3. The quantitative estimate of drug-likeness (QED) is 0.487. The first-order valence-corrected chi connectivity index (χ1v) is 4.44. The van der Waals surface area contributed by atoms with Gasteiger partial charge in [-0.3, -0.25) is 9.59 Å². The van der Waals surface area contributed by atoms with Gasteiger partial charge in [0.1, 0.15) is 0 Å². The molecule has 0 unspecified atom stereocenters. The molecular formula is C9H17NO3. The molecule has 1 N–H and O–H groups in total. The van der Waals surface area contributed by atoms with E-state index in [-0.39, 0.29) is 6.10 Å². The van der Waals surface area contributed by atoms with Crippen LogP contribution in [0.1, 0.15) is 27.2 Å². The van der Waals surface area contributed by atoms with E-state index in [2.05, 4.69) is 5.32 Å². The summed E-state index contributed by atoms with van der Waals surface area (Å²) in [6.45, 7) is 6.25. The summed E-state index contributed by atoms with van der Waals surface area (Å²) in [5.41, 5.74) is 0. The van der Waals surface area contributed by atoms with Crippen LogP contribution in [0.5, 0.6) is 0 Å². The van der Waals surface area contributed by atoms with Crippen LogP contribution in [0.3, 0.4) is 0 Å². The zero-order chi connectivity index (χ0) is 10.3. The van der Waals surface area contributed by atoms with Crippen molar-refractivity contribution in [1.29, 1.82) is 0 Å². The number of hydrogen-bond donors (Lipinski definition) is 1. The van der Waals surface area contributed by atoms with Crippen molar-refractivity contribution in [3.8, 4) is 0 Å². The van der Waals surface area contributed by atoms with Crippen molar-refractivity contribution in [2.45, 2.75) is 33.3 Å². The summed E-state index contributed by atoms with van der Waals surface area (Å²) in [6, 6.07) is 0. The van der Waals surface area contributed by atoms with Gasteiger partial charge < -0.3 is 10.1 Å². The number of amides is 1. The lowest BCUT2D eigenvalue weighted by molar-refractivity contribution is -0.136. The lowest BCUT2D eigenvalue weighted by Crippen LogP contribution is -2.30. The molecule has 0 radical (unpaired) electrons. The zero-order valence-corrected chi connectivity index (χ0v) is 8.42. The number of ether oxygens (including phenoxy) is 1. The first-order chi connectivity index (χ1) is 6.04. The predicted molar refractivity (Wildman–Crippen MR) is 49.4 cm³/mol. The van der Waals surface area contributed by atoms with Gasteiger partial charge in [0.15, 0.2) is 0 Å². The van der Waals surface area contributed by atoms with Gasteiger partial charge in [-0.2, -0.15) is 0 Å². The van der Waals surface area contributed by atoms with E-state index >= 15 is 0 Å². The minimum absolute atomic E-state index is 0.212. The van der Waals surface area contributed by atoms with Gasteiger partial charge >= 0.3 is 0 Å². The summed E-state index contributed by atoms with van der Waals surface area (Å²) in [5.74, 6) is -0.977. The molecule has 76 valence electrons. The van der Waals surface area contributed by atoms with Crippen LogP contribution in [0, 0.1) is 0 Å². The standard InChI is InChI=1S/C9H17NO3/c1-7(2)13-6-4-5-10-9(12)8(3)11/h7H,4-6H2,1-3H3,(H,10,12). The molecule has 0 atom stereocenters. The third-order valence-corrected chi connectivity index (χ3v) is 1.38. The molecule has 0 saturated heterocycles. The Kier molecular flexibility index (Phi) is 6.14. The van der Waals surface area contributed by atoms with E-state index in [0.717, 1.165) is 6.42 Å². The van der Waals surface area contributed by atoms with E-state index in [1.54, 1.807) is 0 Å². The van der Waals surface area contributed by atoms with Crippen LogP contribution < -0.4 is 5.32 Å². The van der Waals surface area contributed by atoms with Gasteiger partial charge in [0, 0.05) is 20.1 Å². The fraction of sp³-hybridized carbons (Fsp3) is 0.778. The van der Waals surface area contributed by atoms with Crippen molar-refractivity contribution in [2.24, 2.45) is 0 Å². The smallest absolute Gasteiger partial charge is 0.287 e. The van der Waals surface area contributed by atoms with Crippen molar-refractivity contribution in [3.63, 3.8) is 0 Å². The van der Waals surface area contributed by atoms with Crippen molar-refractivity contribution < 1.29 is 14.3 Å². The summed E-state index contributed by atoms with van der Waals surface area (Å²) < 4.78 is 5.25. The SMILES string of the molecule is CC(=O)C(=O)NCCCOC(C)C. The summed E-state index contributed by atoms with van der Waals surface area (Å²) >= 11 is 0. The molecule has 0 aliphatic rings. The van der Waals surface area contributed by atoms with Gasteiger partial charge in [-0.25, -0.2) is 0 Å². The zero-order valence-electron chi connectivity index (χ0n) is 8.42. The number of carbonyl (C=O) groups excluding carboxylic acids is 2. The Hall–Kier alpha value is -0.900. The van der Waals surface area contributed by atoms with E-state index in [1.807, 2.05) is 13.8 Å². The molecule has 0 aromatic carbocycles. The molecule has 4 nitrogen and oxygen atoms in total. The summed E-state index contributed by atoms with van der Waals surface area (Å²) in [6.07, 6.45) is 0.945. The van der Waals surface area contributed by atoms with Crippen LogP contribution in [0.4, 0.5) is 0 Å². The third-order valence-electron chi connectivity index (χ3n) is 1.38. The van der Waals surface area contributed by atoms with E-state index in [1.165, 1.54) is 6.92 Å². The first-order valence-electron chi connectivity index (χ1n) is 4.44. The number of carbonyl (C=O) groups is 2. The van der Waals surface area contributed by atoms with Gasteiger partial charge in [-0.05, 0) is 20.3 Å². The Labute approximate surface area is 78.6 Å². The van der Waals surface area contributed by atoms with Gasteiger partial charge in [0.25, 0.3) is 5.91 Å². The second kappa shape index (κ2) is 6.60. The molecular weight excluding hydrogens is 170 g/mol. The minimum Gasteiger partial charge on any atom is -0.379 e. The molecule has 0 aromatic heterocycles. The predicted octanol–water partition coefficient (Wildman–Crippen LogP) is 0.507. The topological polar surface area (TPSA) is 55.4 Å². The summed E-state index contributed by atoms with van der Waals surface area (Å²) in [5, 5.41) is 2.49. The van der Waals surface area contributed by atoms with Gasteiger partial charge in [-0.15, -0.1) is 0 Å². The largest absolute Gasteiger partial charge is 0.379 e. The second-order valence-electron chi connectivity index (χ2n) is 3.09. The van der Waals surface area contributed by atoms with E-state index in [4.69, 9.17) is 4.74 Å². The Balaban J connectivity index is 3.26. The second-order valence-corrected chi connectivity index (χ2v) is 3.09. The van der Waals surface area contributed by atoms with Gasteiger partial charge in [0.05, 0.1) is 6.10 Å². The summed E-state index contributed by atoms with van der Waals surface area (Å²) in [4.78, 5) is 21.2. The maximum atomic E-state index is 10.7. The van der Waals surface area contributed by atoms with Gasteiger partial charge in [-0.1, -0.05) is 0 Å². The lowest BCUT2D eigenvalue weighted by atomic mass is 10.4. The molecule has 0 aliphatic heterocycles. The molecule has 0 spiro atoms. The molecule has 0 aliphatic carbocycles. The van der Waals surface area contributed by atoms with Crippen LogP contribution in [-0.2, 0) is 14.3 Å². The third kappa shape index (κ3) is 7.46. The fourth-order valence-electron chi connectivity index (χ4n) is 0.718. The number of rotatable bonds is 6. The fourth-order valence-corrected chi connectivity index (χ4v) is 0.718. The highest BCUT2D eigenvalue weighted by Crippen LogP contribution is 1.88. The molecule has 0 rings (SSSR count). The van der Waals surface area contributed by atoms with E-state index < -0.39 is 11.7 Å². The highest BCUT2D eigenvalue weighted by atomic mass is 16.5. The van der Waals surface area contributed by atoms with Crippen molar-refractivity contribution >= 4 is 11.7 Å². The Morgan fingerprint density at radius 1 is 1.38 bits per heavy atom. The van der Waals surface area contributed by atoms with Crippen LogP contribution in [0.2, 0.25) is 0 Å². The highest BCUT2D eigenvalue weighted by Gasteiger charge is 2.04. The normalized spacial score (nSPS) is 10.2. The van der Waals surface area contributed by atoms with Crippen LogP contribution >= 0.6 is 0 Å². The molecule has 4 heteroatoms. The number of nitrogens with one attached hydrogen (secondary N) is 1. The molecule has 0 saturated carbocycles. The Morgan fingerprint density at radius 2 is 2.00 bits per heavy atom. The average Bonchev–Trinajstić information content (AvgIpc) is 2.02. The van der Waals surface area contributed by atoms with E-state index in [9.17, 15) is 9.59 Å². The molecule has 13 heavy (non-hydrogen) atoms. The Morgan fingerprint density at radius 3 is 2.46 bits per heavy atom. The molecule has 0 fully saturated rings. The first kappa shape index (κ1) is 12.1. The lowest BCUT2D eigenvalue weighted by Gasteiger charge is -2.07. The Bertz CT molecular complexity index is 178.